The smallest absolute Gasteiger partial charge is 0.244 e. The first-order chi connectivity index (χ1) is 9.08. The molecule has 2 rings (SSSR count). The van der Waals surface area contributed by atoms with Gasteiger partial charge in [0.25, 0.3) is 0 Å². The molecule has 1 saturated heterocycles. The summed E-state index contributed by atoms with van der Waals surface area (Å²) < 4.78 is 0. The zero-order valence-electron chi connectivity index (χ0n) is 11.9. The van der Waals surface area contributed by atoms with Crippen molar-refractivity contribution in [2.45, 2.75) is 45.6 Å². The number of aromatic nitrogens is 2. The van der Waals surface area contributed by atoms with E-state index in [1.165, 1.54) is 0 Å². The Morgan fingerprint density at radius 2 is 1.95 bits per heavy atom. The minimum absolute atomic E-state index is 0.155. The van der Waals surface area contributed by atoms with Crippen molar-refractivity contribution >= 4 is 11.7 Å². The predicted octanol–water partition coefficient (Wildman–Crippen LogP) is 2.02. The summed E-state index contributed by atoms with van der Waals surface area (Å²) in [6.45, 7) is 7.82. The summed E-state index contributed by atoms with van der Waals surface area (Å²) in [5.74, 6) is 1.23. The van der Waals surface area contributed by atoms with E-state index in [0.29, 0.717) is 5.92 Å². The predicted molar refractivity (Wildman–Crippen MR) is 75.0 cm³/mol. The van der Waals surface area contributed by atoms with Crippen LogP contribution in [-0.2, 0) is 4.79 Å². The number of nitrogens with one attached hydrogen (secondary N) is 1. The van der Waals surface area contributed by atoms with Gasteiger partial charge in [0.1, 0.15) is 18.2 Å². The lowest BCUT2D eigenvalue weighted by atomic mass is 10.1. The van der Waals surface area contributed by atoms with Crippen LogP contribution >= 0.6 is 0 Å². The van der Waals surface area contributed by atoms with Gasteiger partial charge >= 0.3 is 0 Å². The van der Waals surface area contributed by atoms with Gasteiger partial charge in [-0.2, -0.15) is 0 Å². The molecular weight excluding hydrogens is 240 g/mol. The Morgan fingerprint density at radius 1 is 1.26 bits per heavy atom. The highest BCUT2D eigenvalue weighted by molar-refractivity contribution is 5.84. The number of hydrogen-bond acceptors (Lipinski definition) is 4. The third kappa shape index (κ3) is 3.43. The summed E-state index contributed by atoms with van der Waals surface area (Å²) >= 11 is 0. The molecule has 0 saturated carbocycles. The molecule has 1 amide bonds. The number of nitrogens with zero attached hydrogens (tertiary/aromatic N) is 3. The Hall–Kier alpha value is -1.65. The molecule has 104 valence electrons. The van der Waals surface area contributed by atoms with Crippen LogP contribution in [-0.4, -0.2) is 39.9 Å². The van der Waals surface area contributed by atoms with E-state index < -0.39 is 0 Å². The summed E-state index contributed by atoms with van der Waals surface area (Å²) in [5.41, 5.74) is 0.985. The fraction of sp³-hybridized carbons (Fsp3) is 0.643. The topological polar surface area (TPSA) is 58.1 Å². The average Bonchev–Trinajstić information content (AvgIpc) is 2.92. The Kier molecular flexibility index (Phi) is 4.35. The molecule has 1 aliphatic heterocycles. The molecule has 1 aliphatic rings. The van der Waals surface area contributed by atoms with Crippen LogP contribution in [0.5, 0.6) is 0 Å². The first kappa shape index (κ1) is 13.8. The van der Waals surface area contributed by atoms with E-state index in [2.05, 4.69) is 29.1 Å². The average molecular weight is 262 g/mol. The second-order valence-corrected chi connectivity index (χ2v) is 5.38. The second kappa shape index (κ2) is 5.99. The molecule has 1 N–H and O–H groups in total. The van der Waals surface area contributed by atoms with Crippen LogP contribution in [0.1, 0.15) is 45.2 Å². The SMILES string of the molecule is CC(Nc1cc(C(C)C)ncn1)C(=O)N1CCCC1. The third-order valence-electron chi connectivity index (χ3n) is 3.43. The van der Waals surface area contributed by atoms with Crippen molar-refractivity contribution in [1.82, 2.24) is 14.9 Å². The highest BCUT2D eigenvalue weighted by Crippen LogP contribution is 2.15. The van der Waals surface area contributed by atoms with Crippen molar-refractivity contribution in [1.29, 1.82) is 0 Å². The fourth-order valence-electron chi connectivity index (χ4n) is 2.26. The summed E-state index contributed by atoms with van der Waals surface area (Å²) in [6.07, 6.45) is 3.78. The Labute approximate surface area is 114 Å². The molecule has 0 aliphatic carbocycles. The van der Waals surface area contributed by atoms with Gasteiger partial charge in [-0.15, -0.1) is 0 Å². The molecule has 1 aromatic rings. The molecule has 5 nitrogen and oxygen atoms in total. The maximum atomic E-state index is 12.2. The van der Waals surface area contributed by atoms with Crippen molar-refractivity contribution in [3.63, 3.8) is 0 Å². The van der Waals surface area contributed by atoms with Gasteiger partial charge in [-0.05, 0) is 25.7 Å². The molecule has 2 heterocycles. The van der Waals surface area contributed by atoms with Crippen LogP contribution in [0.4, 0.5) is 5.82 Å². The van der Waals surface area contributed by atoms with Gasteiger partial charge in [0, 0.05) is 24.8 Å². The number of likely N-dealkylation sites (tertiary alicyclic amines) is 1. The highest BCUT2D eigenvalue weighted by Gasteiger charge is 2.23. The lowest BCUT2D eigenvalue weighted by Gasteiger charge is -2.21. The van der Waals surface area contributed by atoms with Crippen molar-refractivity contribution < 1.29 is 4.79 Å². The molecule has 5 heteroatoms. The maximum Gasteiger partial charge on any atom is 0.244 e. The molecule has 19 heavy (non-hydrogen) atoms. The third-order valence-corrected chi connectivity index (χ3v) is 3.43. The van der Waals surface area contributed by atoms with Crippen molar-refractivity contribution in [2.75, 3.05) is 18.4 Å². The maximum absolute atomic E-state index is 12.2. The largest absolute Gasteiger partial charge is 0.359 e. The van der Waals surface area contributed by atoms with Crippen molar-refractivity contribution in [3.05, 3.63) is 18.1 Å². The van der Waals surface area contributed by atoms with Gasteiger partial charge in [0.2, 0.25) is 5.91 Å². The summed E-state index contributed by atoms with van der Waals surface area (Å²) in [6, 6.07) is 1.67. The molecule has 0 bridgehead atoms. The summed E-state index contributed by atoms with van der Waals surface area (Å²) in [4.78, 5) is 22.5. The van der Waals surface area contributed by atoms with E-state index >= 15 is 0 Å². The minimum Gasteiger partial charge on any atom is -0.359 e. The van der Waals surface area contributed by atoms with Gasteiger partial charge in [-0.25, -0.2) is 9.97 Å². The van der Waals surface area contributed by atoms with Gasteiger partial charge < -0.3 is 10.2 Å². The zero-order valence-corrected chi connectivity index (χ0v) is 11.9. The fourth-order valence-corrected chi connectivity index (χ4v) is 2.26. The number of amides is 1. The van der Waals surface area contributed by atoms with E-state index in [-0.39, 0.29) is 11.9 Å². The van der Waals surface area contributed by atoms with Gasteiger partial charge in [-0.1, -0.05) is 13.8 Å². The van der Waals surface area contributed by atoms with E-state index in [1.54, 1.807) is 6.33 Å². The van der Waals surface area contributed by atoms with Gasteiger partial charge in [-0.3, -0.25) is 4.79 Å². The standard InChI is InChI=1S/C14H22N4O/c1-10(2)12-8-13(16-9-15-12)17-11(3)14(19)18-6-4-5-7-18/h8-11H,4-7H2,1-3H3,(H,15,16,17). The van der Waals surface area contributed by atoms with Crippen molar-refractivity contribution in [3.8, 4) is 0 Å². The number of carbonyl (C=O) groups is 1. The molecule has 0 radical (unpaired) electrons. The Balaban J connectivity index is 1.99. The minimum atomic E-state index is -0.243. The van der Waals surface area contributed by atoms with Gasteiger partial charge in [0.05, 0.1) is 0 Å². The molecule has 1 unspecified atom stereocenters. The zero-order chi connectivity index (χ0) is 13.8. The highest BCUT2D eigenvalue weighted by atomic mass is 16.2. The van der Waals surface area contributed by atoms with E-state index in [1.807, 2.05) is 17.9 Å². The molecule has 1 atom stereocenters. The number of carbonyl (C=O) groups excluding carboxylic acids is 1. The van der Waals surface area contributed by atoms with Crippen LogP contribution in [0.15, 0.2) is 12.4 Å². The number of anilines is 1. The van der Waals surface area contributed by atoms with E-state index in [0.717, 1.165) is 37.4 Å². The van der Waals surface area contributed by atoms with Gasteiger partial charge in [0.15, 0.2) is 0 Å². The lowest BCUT2D eigenvalue weighted by molar-refractivity contribution is -0.130. The summed E-state index contributed by atoms with van der Waals surface area (Å²) in [5, 5.41) is 3.17. The van der Waals surface area contributed by atoms with E-state index in [4.69, 9.17) is 0 Å². The van der Waals surface area contributed by atoms with Crippen LogP contribution in [0.25, 0.3) is 0 Å². The quantitative estimate of drug-likeness (QED) is 0.902. The Bertz CT molecular complexity index is 441. The second-order valence-electron chi connectivity index (χ2n) is 5.38. The lowest BCUT2D eigenvalue weighted by Crippen LogP contribution is -2.39. The van der Waals surface area contributed by atoms with Crippen LogP contribution in [0.3, 0.4) is 0 Å². The molecule has 1 fully saturated rings. The molecule has 0 aromatic carbocycles. The van der Waals surface area contributed by atoms with Crippen LogP contribution in [0.2, 0.25) is 0 Å². The normalized spacial score (nSPS) is 16.7. The van der Waals surface area contributed by atoms with E-state index in [9.17, 15) is 4.79 Å². The summed E-state index contributed by atoms with van der Waals surface area (Å²) in [7, 11) is 0. The number of rotatable bonds is 4. The first-order valence-corrected chi connectivity index (χ1v) is 6.95. The molecule has 0 spiro atoms. The Morgan fingerprint density at radius 3 is 2.58 bits per heavy atom. The van der Waals surface area contributed by atoms with Crippen LogP contribution < -0.4 is 5.32 Å². The van der Waals surface area contributed by atoms with Crippen molar-refractivity contribution in [2.24, 2.45) is 0 Å². The molecule has 1 aromatic heterocycles. The molecular formula is C14H22N4O. The first-order valence-electron chi connectivity index (χ1n) is 6.95. The number of hydrogen-bond donors (Lipinski definition) is 1. The van der Waals surface area contributed by atoms with Crippen LogP contribution in [0, 0.1) is 0 Å². The monoisotopic (exact) mass is 262 g/mol.